The molecule has 0 bridgehead atoms. The van der Waals surface area contributed by atoms with Crippen LogP contribution in [0.15, 0.2) is 18.2 Å². The van der Waals surface area contributed by atoms with E-state index in [9.17, 15) is 4.79 Å². The highest BCUT2D eigenvalue weighted by Crippen LogP contribution is 2.20. The summed E-state index contributed by atoms with van der Waals surface area (Å²) in [6, 6.07) is 5.66. The molecule has 1 aromatic rings. The summed E-state index contributed by atoms with van der Waals surface area (Å²) in [7, 11) is 0. The lowest BCUT2D eigenvalue weighted by Gasteiger charge is -2.08. The van der Waals surface area contributed by atoms with Crippen LogP contribution in [-0.4, -0.2) is 12.5 Å². The SMILES string of the molecule is CCOc1cc(C)cc(NC(C)=O)c1. The number of carbonyl (C=O) groups excluding carboxylic acids is 1. The molecule has 0 aliphatic carbocycles. The zero-order valence-electron chi connectivity index (χ0n) is 8.76. The molecular weight excluding hydrogens is 178 g/mol. The number of benzene rings is 1. The normalized spacial score (nSPS) is 9.64. The van der Waals surface area contributed by atoms with E-state index in [2.05, 4.69) is 5.32 Å². The van der Waals surface area contributed by atoms with Gasteiger partial charge < -0.3 is 10.1 Å². The van der Waals surface area contributed by atoms with Gasteiger partial charge >= 0.3 is 0 Å². The Balaban J connectivity index is 2.88. The molecule has 0 fully saturated rings. The smallest absolute Gasteiger partial charge is 0.221 e. The fraction of sp³-hybridized carbons (Fsp3) is 0.364. The van der Waals surface area contributed by atoms with Crippen molar-refractivity contribution in [3.8, 4) is 5.75 Å². The van der Waals surface area contributed by atoms with Crippen LogP contribution in [0.5, 0.6) is 5.75 Å². The van der Waals surface area contributed by atoms with E-state index < -0.39 is 0 Å². The Hall–Kier alpha value is -1.51. The lowest BCUT2D eigenvalue weighted by molar-refractivity contribution is -0.114. The molecule has 0 unspecified atom stereocenters. The van der Waals surface area contributed by atoms with Crippen molar-refractivity contribution in [3.05, 3.63) is 23.8 Å². The van der Waals surface area contributed by atoms with E-state index in [1.165, 1.54) is 6.92 Å². The van der Waals surface area contributed by atoms with Crippen molar-refractivity contribution in [2.24, 2.45) is 0 Å². The van der Waals surface area contributed by atoms with Crippen molar-refractivity contribution in [2.45, 2.75) is 20.8 Å². The van der Waals surface area contributed by atoms with Gasteiger partial charge in [0.1, 0.15) is 5.75 Å². The third-order valence-electron chi connectivity index (χ3n) is 1.68. The molecule has 0 spiro atoms. The average Bonchev–Trinajstić information content (AvgIpc) is 2.01. The molecule has 0 atom stereocenters. The van der Waals surface area contributed by atoms with E-state index in [0.29, 0.717) is 6.61 Å². The predicted octanol–water partition coefficient (Wildman–Crippen LogP) is 2.35. The molecule has 0 aliphatic heterocycles. The van der Waals surface area contributed by atoms with Gasteiger partial charge in [-0.05, 0) is 31.5 Å². The summed E-state index contributed by atoms with van der Waals surface area (Å²) in [6.45, 7) is 6.01. The van der Waals surface area contributed by atoms with Gasteiger partial charge in [0, 0.05) is 18.7 Å². The topological polar surface area (TPSA) is 38.3 Å². The maximum Gasteiger partial charge on any atom is 0.221 e. The minimum Gasteiger partial charge on any atom is -0.494 e. The first-order chi connectivity index (χ1) is 6.61. The van der Waals surface area contributed by atoms with E-state index in [-0.39, 0.29) is 5.91 Å². The number of ether oxygens (including phenoxy) is 1. The van der Waals surface area contributed by atoms with Crippen LogP contribution in [-0.2, 0) is 4.79 Å². The first-order valence-electron chi connectivity index (χ1n) is 4.64. The Morgan fingerprint density at radius 3 is 2.71 bits per heavy atom. The Bertz CT molecular complexity index is 334. The van der Waals surface area contributed by atoms with Gasteiger partial charge in [-0.25, -0.2) is 0 Å². The van der Waals surface area contributed by atoms with Gasteiger partial charge in [0.15, 0.2) is 0 Å². The Morgan fingerprint density at radius 2 is 2.14 bits per heavy atom. The summed E-state index contributed by atoms with van der Waals surface area (Å²) in [5.41, 5.74) is 1.85. The van der Waals surface area contributed by atoms with Gasteiger partial charge in [0.25, 0.3) is 0 Å². The highest BCUT2D eigenvalue weighted by atomic mass is 16.5. The molecule has 0 radical (unpaired) electrons. The molecule has 1 aromatic carbocycles. The van der Waals surface area contributed by atoms with Crippen molar-refractivity contribution in [1.29, 1.82) is 0 Å². The van der Waals surface area contributed by atoms with E-state index in [4.69, 9.17) is 4.74 Å². The van der Waals surface area contributed by atoms with Gasteiger partial charge in [-0.3, -0.25) is 4.79 Å². The number of anilines is 1. The number of rotatable bonds is 3. The van der Waals surface area contributed by atoms with Gasteiger partial charge in [-0.1, -0.05) is 0 Å². The van der Waals surface area contributed by atoms with Crippen LogP contribution in [0.25, 0.3) is 0 Å². The zero-order valence-corrected chi connectivity index (χ0v) is 8.76. The molecule has 3 heteroatoms. The van der Waals surface area contributed by atoms with Crippen molar-refractivity contribution < 1.29 is 9.53 Å². The van der Waals surface area contributed by atoms with E-state index in [0.717, 1.165) is 17.0 Å². The Labute approximate surface area is 84.1 Å². The summed E-state index contributed by atoms with van der Waals surface area (Å²) in [5, 5.41) is 2.73. The van der Waals surface area contributed by atoms with Crippen LogP contribution < -0.4 is 10.1 Å². The number of hydrogen-bond donors (Lipinski definition) is 1. The van der Waals surface area contributed by atoms with Crippen molar-refractivity contribution in [1.82, 2.24) is 0 Å². The molecule has 1 rings (SSSR count). The van der Waals surface area contributed by atoms with Crippen molar-refractivity contribution in [3.63, 3.8) is 0 Å². The van der Waals surface area contributed by atoms with Gasteiger partial charge in [-0.15, -0.1) is 0 Å². The van der Waals surface area contributed by atoms with Gasteiger partial charge in [-0.2, -0.15) is 0 Å². The second-order valence-corrected chi connectivity index (χ2v) is 3.15. The maximum absolute atomic E-state index is 10.8. The maximum atomic E-state index is 10.8. The zero-order chi connectivity index (χ0) is 10.6. The molecule has 0 aromatic heterocycles. The first kappa shape index (κ1) is 10.6. The molecule has 1 N–H and O–H groups in total. The lowest BCUT2D eigenvalue weighted by Crippen LogP contribution is -2.06. The van der Waals surface area contributed by atoms with Crippen LogP contribution in [0.3, 0.4) is 0 Å². The summed E-state index contributed by atoms with van der Waals surface area (Å²) in [6.07, 6.45) is 0. The lowest BCUT2D eigenvalue weighted by atomic mass is 10.2. The molecule has 0 saturated carbocycles. The molecule has 1 amide bonds. The summed E-state index contributed by atoms with van der Waals surface area (Å²) in [4.78, 5) is 10.8. The second kappa shape index (κ2) is 4.65. The Morgan fingerprint density at radius 1 is 1.43 bits per heavy atom. The monoisotopic (exact) mass is 193 g/mol. The number of amides is 1. The number of aryl methyl sites for hydroxylation is 1. The quantitative estimate of drug-likeness (QED) is 0.800. The van der Waals surface area contributed by atoms with E-state index in [1.54, 1.807) is 0 Å². The fourth-order valence-electron chi connectivity index (χ4n) is 1.27. The van der Waals surface area contributed by atoms with Gasteiger partial charge in [0.2, 0.25) is 5.91 Å². The molecular formula is C11H15NO2. The fourth-order valence-corrected chi connectivity index (χ4v) is 1.27. The van der Waals surface area contributed by atoms with Crippen LogP contribution in [0.1, 0.15) is 19.4 Å². The summed E-state index contributed by atoms with van der Waals surface area (Å²) in [5.74, 6) is 0.717. The average molecular weight is 193 g/mol. The molecule has 0 saturated heterocycles. The molecule has 3 nitrogen and oxygen atoms in total. The van der Waals surface area contributed by atoms with Crippen molar-refractivity contribution >= 4 is 11.6 Å². The van der Waals surface area contributed by atoms with E-state index in [1.807, 2.05) is 32.0 Å². The number of carbonyl (C=O) groups is 1. The van der Waals surface area contributed by atoms with Crippen LogP contribution >= 0.6 is 0 Å². The van der Waals surface area contributed by atoms with Gasteiger partial charge in [0.05, 0.1) is 6.61 Å². The predicted molar refractivity (Wildman–Crippen MR) is 56.7 cm³/mol. The minimum atomic E-state index is -0.0713. The molecule has 0 aliphatic rings. The largest absolute Gasteiger partial charge is 0.494 e. The highest BCUT2D eigenvalue weighted by Gasteiger charge is 2.00. The second-order valence-electron chi connectivity index (χ2n) is 3.15. The molecule has 0 heterocycles. The molecule has 76 valence electrons. The third-order valence-corrected chi connectivity index (χ3v) is 1.68. The minimum absolute atomic E-state index is 0.0713. The number of nitrogens with one attached hydrogen (secondary N) is 1. The molecule has 14 heavy (non-hydrogen) atoms. The van der Waals surface area contributed by atoms with Crippen LogP contribution in [0, 0.1) is 6.92 Å². The van der Waals surface area contributed by atoms with Crippen LogP contribution in [0.2, 0.25) is 0 Å². The van der Waals surface area contributed by atoms with E-state index >= 15 is 0 Å². The van der Waals surface area contributed by atoms with Crippen LogP contribution in [0.4, 0.5) is 5.69 Å². The number of hydrogen-bond acceptors (Lipinski definition) is 2. The highest BCUT2D eigenvalue weighted by molar-refractivity contribution is 5.88. The first-order valence-corrected chi connectivity index (χ1v) is 4.64. The summed E-state index contributed by atoms with van der Waals surface area (Å²) < 4.78 is 5.36. The third kappa shape index (κ3) is 3.09. The standard InChI is InChI=1S/C11H15NO2/c1-4-14-11-6-8(2)5-10(7-11)12-9(3)13/h5-7H,4H2,1-3H3,(H,12,13). The van der Waals surface area contributed by atoms with Crippen molar-refractivity contribution in [2.75, 3.05) is 11.9 Å². The summed E-state index contributed by atoms with van der Waals surface area (Å²) >= 11 is 0. The Kier molecular flexibility index (Phi) is 3.51.